The lowest BCUT2D eigenvalue weighted by Gasteiger charge is -2.14. The van der Waals surface area contributed by atoms with Gasteiger partial charge in [0.15, 0.2) is 0 Å². The van der Waals surface area contributed by atoms with Crippen molar-refractivity contribution in [2.45, 2.75) is 32.1 Å². The monoisotopic (exact) mass is 301 g/mol. The van der Waals surface area contributed by atoms with Crippen LogP contribution in [-0.2, 0) is 19.3 Å². The Labute approximate surface area is 134 Å². The van der Waals surface area contributed by atoms with Gasteiger partial charge in [0, 0.05) is 6.54 Å². The van der Waals surface area contributed by atoms with E-state index in [1.54, 1.807) is 5.56 Å². The molecule has 0 saturated heterocycles. The standard InChI is InChI=1S/C19H23N.ClH/c1-15-14-20-12-11-18-10-9-17(13-19(15)18)8-7-16-5-3-2-4-6-16;/h2-6,9-10,13,15,20H,7-8,11-12,14H2,1H3;1H/t15-;/m1./s1. The zero-order valence-corrected chi connectivity index (χ0v) is 13.5. The molecule has 1 atom stereocenters. The maximum Gasteiger partial charge on any atom is 0.00177 e. The topological polar surface area (TPSA) is 12.0 Å². The van der Waals surface area contributed by atoms with E-state index in [0.717, 1.165) is 25.9 Å². The largest absolute Gasteiger partial charge is 0.316 e. The molecule has 0 radical (unpaired) electrons. The van der Waals surface area contributed by atoms with E-state index in [4.69, 9.17) is 0 Å². The molecule has 3 rings (SSSR count). The molecule has 1 N–H and O–H groups in total. The zero-order chi connectivity index (χ0) is 13.8. The van der Waals surface area contributed by atoms with Crippen molar-refractivity contribution >= 4 is 12.4 Å². The Bertz CT molecular complexity index is 565. The first-order valence-electron chi connectivity index (χ1n) is 7.69. The summed E-state index contributed by atoms with van der Waals surface area (Å²) < 4.78 is 0. The summed E-state index contributed by atoms with van der Waals surface area (Å²) >= 11 is 0. The number of nitrogens with one attached hydrogen (secondary N) is 1. The Balaban J connectivity index is 0.00000161. The van der Waals surface area contributed by atoms with Crippen molar-refractivity contribution in [1.29, 1.82) is 0 Å². The number of hydrogen-bond donors (Lipinski definition) is 1. The second-order valence-electron chi connectivity index (χ2n) is 5.87. The summed E-state index contributed by atoms with van der Waals surface area (Å²) in [6.45, 7) is 4.55. The molecule has 0 aliphatic carbocycles. The van der Waals surface area contributed by atoms with Gasteiger partial charge in [-0.1, -0.05) is 55.5 Å². The summed E-state index contributed by atoms with van der Waals surface area (Å²) in [6.07, 6.45) is 3.43. The molecule has 1 aliphatic heterocycles. The second-order valence-corrected chi connectivity index (χ2v) is 5.87. The van der Waals surface area contributed by atoms with Crippen LogP contribution in [0.2, 0.25) is 0 Å². The highest BCUT2D eigenvalue weighted by Crippen LogP contribution is 2.24. The molecule has 0 bridgehead atoms. The molecule has 0 aromatic heterocycles. The molecule has 0 spiro atoms. The van der Waals surface area contributed by atoms with Gasteiger partial charge in [-0.05, 0) is 54.0 Å². The molecule has 112 valence electrons. The van der Waals surface area contributed by atoms with Crippen molar-refractivity contribution in [2.24, 2.45) is 0 Å². The Kier molecular flexibility index (Phi) is 5.84. The Morgan fingerprint density at radius 1 is 1.00 bits per heavy atom. The molecule has 1 nitrogen and oxygen atoms in total. The molecule has 21 heavy (non-hydrogen) atoms. The normalized spacial score (nSPS) is 17.5. The van der Waals surface area contributed by atoms with E-state index in [0.29, 0.717) is 5.92 Å². The van der Waals surface area contributed by atoms with Crippen LogP contribution in [0, 0.1) is 0 Å². The summed E-state index contributed by atoms with van der Waals surface area (Å²) in [6, 6.07) is 17.9. The predicted molar refractivity (Wildman–Crippen MR) is 92.5 cm³/mol. The quantitative estimate of drug-likeness (QED) is 0.898. The van der Waals surface area contributed by atoms with E-state index in [1.807, 2.05) is 0 Å². The fourth-order valence-corrected chi connectivity index (χ4v) is 3.07. The highest BCUT2D eigenvalue weighted by Gasteiger charge is 2.14. The number of halogens is 1. The molecule has 0 unspecified atom stereocenters. The Morgan fingerprint density at radius 3 is 2.57 bits per heavy atom. The first-order valence-corrected chi connectivity index (χ1v) is 7.69. The summed E-state index contributed by atoms with van der Waals surface area (Å²) in [5.74, 6) is 0.629. The summed E-state index contributed by atoms with van der Waals surface area (Å²) in [5, 5.41) is 3.52. The molecule has 0 amide bonds. The first kappa shape index (κ1) is 16.1. The number of fused-ring (bicyclic) bond motifs is 1. The van der Waals surface area contributed by atoms with Gasteiger partial charge in [0.05, 0.1) is 0 Å². The molecule has 1 aliphatic rings. The van der Waals surface area contributed by atoms with Crippen molar-refractivity contribution in [3.63, 3.8) is 0 Å². The van der Waals surface area contributed by atoms with Crippen LogP contribution in [0.3, 0.4) is 0 Å². The fourth-order valence-electron chi connectivity index (χ4n) is 3.07. The highest BCUT2D eigenvalue weighted by atomic mass is 35.5. The minimum atomic E-state index is 0. The fraction of sp³-hybridized carbons (Fsp3) is 0.368. The van der Waals surface area contributed by atoms with E-state index in [1.165, 1.54) is 23.1 Å². The maximum absolute atomic E-state index is 3.52. The van der Waals surface area contributed by atoms with E-state index in [-0.39, 0.29) is 12.4 Å². The van der Waals surface area contributed by atoms with Gasteiger partial charge in [-0.2, -0.15) is 0 Å². The highest BCUT2D eigenvalue weighted by molar-refractivity contribution is 5.85. The van der Waals surface area contributed by atoms with Crippen LogP contribution in [0.5, 0.6) is 0 Å². The summed E-state index contributed by atoms with van der Waals surface area (Å²) in [7, 11) is 0. The molecule has 0 fully saturated rings. The van der Waals surface area contributed by atoms with Crippen LogP contribution < -0.4 is 5.32 Å². The minimum absolute atomic E-state index is 0. The molecule has 0 saturated carbocycles. The average molecular weight is 302 g/mol. The molecular formula is C19H24ClN. The molecular weight excluding hydrogens is 278 g/mol. The summed E-state index contributed by atoms with van der Waals surface area (Å²) in [4.78, 5) is 0. The van der Waals surface area contributed by atoms with Crippen LogP contribution in [0.1, 0.15) is 35.1 Å². The smallest absolute Gasteiger partial charge is 0.00177 e. The minimum Gasteiger partial charge on any atom is -0.316 e. The average Bonchev–Trinajstić information content (AvgIpc) is 2.68. The van der Waals surface area contributed by atoms with E-state index in [2.05, 4.69) is 60.8 Å². The molecule has 2 aromatic rings. The van der Waals surface area contributed by atoms with Gasteiger partial charge in [-0.3, -0.25) is 0 Å². The number of benzene rings is 2. The van der Waals surface area contributed by atoms with Crippen LogP contribution in [0.4, 0.5) is 0 Å². The van der Waals surface area contributed by atoms with Crippen LogP contribution in [0.25, 0.3) is 0 Å². The molecule has 2 aromatic carbocycles. The van der Waals surface area contributed by atoms with Crippen molar-refractivity contribution in [2.75, 3.05) is 13.1 Å². The van der Waals surface area contributed by atoms with Crippen molar-refractivity contribution < 1.29 is 0 Å². The van der Waals surface area contributed by atoms with Gasteiger partial charge < -0.3 is 5.32 Å². The van der Waals surface area contributed by atoms with Gasteiger partial charge in [-0.15, -0.1) is 12.4 Å². The third kappa shape index (κ3) is 4.09. The predicted octanol–water partition coefficient (Wildman–Crippen LogP) is 4.14. The van der Waals surface area contributed by atoms with E-state index < -0.39 is 0 Å². The van der Waals surface area contributed by atoms with Crippen molar-refractivity contribution in [3.8, 4) is 0 Å². The maximum atomic E-state index is 3.52. The van der Waals surface area contributed by atoms with Gasteiger partial charge >= 0.3 is 0 Å². The number of rotatable bonds is 3. The van der Waals surface area contributed by atoms with Crippen LogP contribution in [0.15, 0.2) is 48.5 Å². The number of aryl methyl sites for hydroxylation is 2. The van der Waals surface area contributed by atoms with E-state index in [9.17, 15) is 0 Å². The molecule has 2 heteroatoms. The second kappa shape index (κ2) is 7.63. The Morgan fingerprint density at radius 2 is 1.76 bits per heavy atom. The van der Waals surface area contributed by atoms with Gasteiger partial charge in [0.1, 0.15) is 0 Å². The number of hydrogen-bond acceptors (Lipinski definition) is 1. The third-order valence-electron chi connectivity index (χ3n) is 4.31. The van der Waals surface area contributed by atoms with Gasteiger partial charge in [-0.25, -0.2) is 0 Å². The lowest BCUT2D eigenvalue weighted by Crippen LogP contribution is -2.18. The lowest BCUT2D eigenvalue weighted by molar-refractivity contribution is 0.644. The van der Waals surface area contributed by atoms with Crippen LogP contribution >= 0.6 is 12.4 Å². The van der Waals surface area contributed by atoms with Gasteiger partial charge in [0.2, 0.25) is 0 Å². The van der Waals surface area contributed by atoms with Crippen molar-refractivity contribution in [3.05, 3.63) is 70.8 Å². The van der Waals surface area contributed by atoms with Gasteiger partial charge in [0.25, 0.3) is 0 Å². The lowest BCUT2D eigenvalue weighted by atomic mass is 9.92. The zero-order valence-electron chi connectivity index (χ0n) is 12.6. The SMILES string of the molecule is C[C@@H]1CNCCc2ccc(CCc3ccccc3)cc21.Cl. The third-order valence-corrected chi connectivity index (χ3v) is 4.31. The van der Waals surface area contributed by atoms with E-state index >= 15 is 0 Å². The first-order chi connectivity index (χ1) is 9.83. The van der Waals surface area contributed by atoms with Crippen LogP contribution in [-0.4, -0.2) is 13.1 Å². The molecule has 1 heterocycles. The Hall–Kier alpha value is -1.31. The summed E-state index contributed by atoms with van der Waals surface area (Å²) in [5.41, 5.74) is 5.99. The van der Waals surface area contributed by atoms with Crippen molar-refractivity contribution in [1.82, 2.24) is 5.32 Å².